The maximum Gasteiger partial charge on any atom is -0.00178 e. The van der Waals surface area contributed by atoms with Crippen LogP contribution >= 0.6 is 0 Å². The van der Waals surface area contributed by atoms with E-state index in [4.69, 9.17) is 0 Å². The summed E-state index contributed by atoms with van der Waals surface area (Å²) in [7, 11) is 0. The van der Waals surface area contributed by atoms with E-state index < -0.39 is 0 Å². The second-order valence-electron chi connectivity index (χ2n) is 6.88. The Morgan fingerprint density at radius 1 is 1.05 bits per heavy atom. The van der Waals surface area contributed by atoms with Gasteiger partial charge in [0.2, 0.25) is 0 Å². The first-order valence-corrected chi connectivity index (χ1v) is 8.50. The van der Waals surface area contributed by atoms with E-state index in [0.29, 0.717) is 0 Å². The van der Waals surface area contributed by atoms with Gasteiger partial charge in [-0.1, -0.05) is 63.4 Å². The Labute approximate surface area is 125 Å². The summed E-state index contributed by atoms with van der Waals surface area (Å²) in [5.74, 6) is 2.61. The Hall–Kier alpha value is -0.820. The van der Waals surface area contributed by atoms with E-state index in [1.807, 2.05) is 0 Å². The zero-order chi connectivity index (χ0) is 14.2. The molecular formula is C19H31N. The lowest BCUT2D eigenvalue weighted by molar-refractivity contribution is 0.216. The van der Waals surface area contributed by atoms with Crippen LogP contribution in [0.4, 0.5) is 0 Å². The van der Waals surface area contributed by atoms with E-state index in [0.717, 1.165) is 17.8 Å². The Bertz CT molecular complexity index is 357. The summed E-state index contributed by atoms with van der Waals surface area (Å²) < 4.78 is 0. The van der Waals surface area contributed by atoms with Gasteiger partial charge in [0.05, 0.1) is 0 Å². The van der Waals surface area contributed by atoms with Crippen LogP contribution in [0.3, 0.4) is 0 Å². The molecule has 0 radical (unpaired) electrons. The van der Waals surface area contributed by atoms with Gasteiger partial charge < -0.3 is 5.32 Å². The van der Waals surface area contributed by atoms with Crippen molar-refractivity contribution in [3.8, 4) is 0 Å². The molecule has 0 bridgehead atoms. The van der Waals surface area contributed by atoms with Crippen molar-refractivity contribution in [1.29, 1.82) is 0 Å². The molecule has 1 nitrogen and oxygen atoms in total. The molecule has 0 aliphatic heterocycles. The van der Waals surface area contributed by atoms with Gasteiger partial charge in [-0.15, -0.1) is 0 Å². The lowest BCUT2D eigenvalue weighted by Gasteiger charge is -2.32. The Balaban J connectivity index is 1.77. The van der Waals surface area contributed by atoms with Gasteiger partial charge in [0.25, 0.3) is 0 Å². The zero-order valence-electron chi connectivity index (χ0n) is 13.3. The van der Waals surface area contributed by atoms with Crippen molar-refractivity contribution in [2.75, 3.05) is 13.1 Å². The molecule has 0 heterocycles. The predicted octanol–water partition coefficient (Wildman–Crippen LogP) is 4.67. The third kappa shape index (κ3) is 5.28. The molecule has 1 aromatic carbocycles. The van der Waals surface area contributed by atoms with Gasteiger partial charge in [0.15, 0.2) is 0 Å². The van der Waals surface area contributed by atoms with Crippen LogP contribution in [0.1, 0.15) is 51.5 Å². The van der Waals surface area contributed by atoms with E-state index in [9.17, 15) is 0 Å². The van der Waals surface area contributed by atoms with Gasteiger partial charge in [-0.2, -0.15) is 0 Å². The molecule has 1 N–H and O–H groups in total. The topological polar surface area (TPSA) is 12.0 Å². The van der Waals surface area contributed by atoms with E-state index in [1.54, 1.807) is 0 Å². The van der Waals surface area contributed by atoms with Crippen LogP contribution in [0, 0.1) is 17.8 Å². The van der Waals surface area contributed by atoms with E-state index in [1.165, 1.54) is 57.2 Å². The minimum atomic E-state index is 0.765. The molecule has 0 amide bonds. The second kappa shape index (κ2) is 8.46. The number of hydrogen-bond acceptors (Lipinski definition) is 1. The fourth-order valence-corrected chi connectivity index (χ4v) is 3.49. The fraction of sp³-hybridized carbons (Fsp3) is 0.684. The second-order valence-corrected chi connectivity index (χ2v) is 6.88. The summed E-state index contributed by atoms with van der Waals surface area (Å²) in [6, 6.07) is 11.0. The highest BCUT2D eigenvalue weighted by Crippen LogP contribution is 2.32. The fourth-order valence-electron chi connectivity index (χ4n) is 3.49. The summed E-state index contributed by atoms with van der Waals surface area (Å²) in [5.41, 5.74) is 1.51. The SMILES string of the molecule is CC(C)CNCC1CCCCC1CCc1ccccc1. The number of rotatable bonds is 7. The molecule has 20 heavy (non-hydrogen) atoms. The van der Waals surface area contributed by atoms with Crippen LogP contribution in [-0.2, 0) is 6.42 Å². The largest absolute Gasteiger partial charge is 0.316 e. The van der Waals surface area contributed by atoms with Gasteiger partial charge in [-0.05, 0) is 55.7 Å². The third-order valence-corrected chi connectivity index (χ3v) is 4.67. The molecule has 1 aliphatic carbocycles. The van der Waals surface area contributed by atoms with Crippen LogP contribution in [0.25, 0.3) is 0 Å². The van der Waals surface area contributed by atoms with Crippen LogP contribution in [-0.4, -0.2) is 13.1 Å². The highest BCUT2D eigenvalue weighted by molar-refractivity contribution is 5.14. The molecule has 0 spiro atoms. The van der Waals surface area contributed by atoms with Crippen molar-refractivity contribution in [3.05, 3.63) is 35.9 Å². The minimum absolute atomic E-state index is 0.765. The minimum Gasteiger partial charge on any atom is -0.316 e. The highest BCUT2D eigenvalue weighted by Gasteiger charge is 2.24. The van der Waals surface area contributed by atoms with Gasteiger partial charge in [0, 0.05) is 0 Å². The predicted molar refractivity (Wildman–Crippen MR) is 87.9 cm³/mol. The Kier molecular flexibility index (Phi) is 6.59. The molecule has 2 atom stereocenters. The molecule has 1 heteroatoms. The number of aryl methyl sites for hydroxylation is 1. The van der Waals surface area contributed by atoms with Crippen molar-refractivity contribution in [2.24, 2.45) is 17.8 Å². The van der Waals surface area contributed by atoms with E-state index >= 15 is 0 Å². The van der Waals surface area contributed by atoms with Crippen molar-refractivity contribution in [1.82, 2.24) is 5.32 Å². The van der Waals surface area contributed by atoms with Gasteiger partial charge in [-0.25, -0.2) is 0 Å². The number of benzene rings is 1. The summed E-state index contributed by atoms with van der Waals surface area (Å²) in [5, 5.41) is 3.68. The molecule has 112 valence electrons. The highest BCUT2D eigenvalue weighted by atomic mass is 14.9. The van der Waals surface area contributed by atoms with Crippen molar-refractivity contribution in [2.45, 2.75) is 52.4 Å². The molecule has 2 rings (SSSR count). The van der Waals surface area contributed by atoms with Crippen LogP contribution < -0.4 is 5.32 Å². The van der Waals surface area contributed by atoms with E-state index in [2.05, 4.69) is 49.5 Å². The molecule has 0 saturated heterocycles. The zero-order valence-corrected chi connectivity index (χ0v) is 13.3. The first kappa shape index (κ1) is 15.6. The summed E-state index contributed by atoms with van der Waals surface area (Å²) in [4.78, 5) is 0. The van der Waals surface area contributed by atoms with Gasteiger partial charge in [-0.3, -0.25) is 0 Å². The third-order valence-electron chi connectivity index (χ3n) is 4.67. The maximum atomic E-state index is 3.68. The normalized spacial score (nSPS) is 23.1. The molecule has 1 fully saturated rings. The maximum absolute atomic E-state index is 3.68. The number of nitrogens with one attached hydrogen (secondary N) is 1. The Morgan fingerprint density at radius 3 is 2.45 bits per heavy atom. The average Bonchev–Trinajstić information content (AvgIpc) is 2.47. The molecule has 1 aromatic rings. The van der Waals surface area contributed by atoms with Crippen LogP contribution in [0.5, 0.6) is 0 Å². The molecule has 1 aliphatic rings. The summed E-state index contributed by atoms with van der Waals surface area (Å²) in [6.07, 6.45) is 8.39. The lowest BCUT2D eigenvalue weighted by atomic mass is 9.76. The first-order valence-electron chi connectivity index (χ1n) is 8.50. The quantitative estimate of drug-likeness (QED) is 0.761. The lowest BCUT2D eigenvalue weighted by Crippen LogP contribution is -2.32. The van der Waals surface area contributed by atoms with Gasteiger partial charge in [0.1, 0.15) is 0 Å². The Morgan fingerprint density at radius 2 is 1.75 bits per heavy atom. The summed E-state index contributed by atoms with van der Waals surface area (Å²) >= 11 is 0. The monoisotopic (exact) mass is 273 g/mol. The smallest absolute Gasteiger partial charge is 0.00178 e. The molecule has 2 unspecified atom stereocenters. The van der Waals surface area contributed by atoms with Crippen molar-refractivity contribution in [3.63, 3.8) is 0 Å². The molecular weight excluding hydrogens is 242 g/mol. The van der Waals surface area contributed by atoms with E-state index in [-0.39, 0.29) is 0 Å². The van der Waals surface area contributed by atoms with Crippen LogP contribution in [0.15, 0.2) is 30.3 Å². The summed E-state index contributed by atoms with van der Waals surface area (Å²) in [6.45, 7) is 6.99. The average molecular weight is 273 g/mol. The van der Waals surface area contributed by atoms with Crippen LogP contribution in [0.2, 0.25) is 0 Å². The standard InChI is InChI=1S/C19H31N/c1-16(2)14-20-15-19-11-7-6-10-18(19)13-12-17-8-4-3-5-9-17/h3-5,8-9,16,18-20H,6-7,10-15H2,1-2H3. The van der Waals surface area contributed by atoms with Crippen molar-refractivity contribution >= 4 is 0 Å². The molecule has 1 saturated carbocycles. The molecule has 0 aromatic heterocycles. The number of hydrogen-bond donors (Lipinski definition) is 1. The van der Waals surface area contributed by atoms with Crippen molar-refractivity contribution < 1.29 is 0 Å². The van der Waals surface area contributed by atoms with Gasteiger partial charge >= 0.3 is 0 Å². The first-order chi connectivity index (χ1) is 9.75.